The topological polar surface area (TPSA) is 105 Å². The van der Waals surface area contributed by atoms with Crippen molar-refractivity contribution in [3.63, 3.8) is 0 Å². The van der Waals surface area contributed by atoms with Gasteiger partial charge in [-0.25, -0.2) is 8.42 Å². The van der Waals surface area contributed by atoms with Crippen molar-refractivity contribution in [2.45, 2.75) is 37.0 Å². The molecule has 2 fully saturated rings. The molecule has 0 aliphatic carbocycles. The normalized spacial score (nSPS) is 17.0. The van der Waals surface area contributed by atoms with Crippen LogP contribution in [0.5, 0.6) is 5.75 Å². The Morgan fingerprint density at radius 2 is 1.72 bits per heavy atom. The number of carbonyl (C=O) groups excluding carboxylic acids is 2. The predicted molar refractivity (Wildman–Crippen MR) is 136 cm³/mol. The number of carbonyl (C=O) groups is 2. The summed E-state index contributed by atoms with van der Waals surface area (Å²) in [5, 5.41) is 2.87. The number of morpholine rings is 1. The van der Waals surface area contributed by atoms with Crippen LogP contribution in [0.25, 0.3) is 0 Å². The minimum atomic E-state index is -3.67. The molecule has 0 radical (unpaired) electrons. The van der Waals surface area contributed by atoms with Gasteiger partial charge in [0.15, 0.2) is 0 Å². The van der Waals surface area contributed by atoms with Crippen molar-refractivity contribution in [2.24, 2.45) is 0 Å². The van der Waals surface area contributed by atoms with Crippen LogP contribution in [0.4, 0.5) is 5.69 Å². The second-order valence-corrected chi connectivity index (χ2v) is 10.9. The summed E-state index contributed by atoms with van der Waals surface area (Å²) in [6.45, 7) is 2.80. The molecule has 10 heteroatoms. The van der Waals surface area contributed by atoms with Crippen LogP contribution < -0.4 is 10.1 Å². The fraction of sp³-hybridized carbons (Fsp3) is 0.462. The maximum atomic E-state index is 13.1. The molecule has 0 saturated carbocycles. The number of hydrogen-bond donors (Lipinski definition) is 1. The molecular weight excluding hydrogens is 482 g/mol. The van der Waals surface area contributed by atoms with E-state index < -0.39 is 10.0 Å². The van der Waals surface area contributed by atoms with Gasteiger partial charge in [-0.1, -0.05) is 12.1 Å². The van der Waals surface area contributed by atoms with Crippen molar-refractivity contribution >= 4 is 27.5 Å². The van der Waals surface area contributed by atoms with Gasteiger partial charge in [0, 0.05) is 32.6 Å². The molecule has 2 aromatic carbocycles. The van der Waals surface area contributed by atoms with Gasteiger partial charge in [-0.2, -0.15) is 4.31 Å². The number of ether oxygens (including phenoxy) is 2. The number of aryl methyl sites for hydroxylation is 1. The zero-order valence-corrected chi connectivity index (χ0v) is 21.4. The molecule has 9 nitrogen and oxygen atoms in total. The third-order valence-corrected chi connectivity index (χ3v) is 8.45. The first-order valence-electron chi connectivity index (χ1n) is 12.3. The highest BCUT2D eigenvalue weighted by molar-refractivity contribution is 7.89. The number of para-hydroxylation sites is 1. The molecule has 0 unspecified atom stereocenters. The average Bonchev–Trinajstić information content (AvgIpc) is 2.92. The lowest BCUT2D eigenvalue weighted by Crippen LogP contribution is -2.40. The van der Waals surface area contributed by atoms with E-state index in [2.05, 4.69) is 5.32 Å². The second kappa shape index (κ2) is 11.9. The van der Waals surface area contributed by atoms with Gasteiger partial charge in [0.1, 0.15) is 5.75 Å². The Labute approximate surface area is 212 Å². The number of methoxy groups -OCH3 is 1. The van der Waals surface area contributed by atoms with Crippen LogP contribution in [0, 0.1) is 0 Å². The maximum Gasteiger partial charge on any atom is 0.255 e. The molecule has 0 atom stereocenters. The maximum absolute atomic E-state index is 13.1. The first-order chi connectivity index (χ1) is 17.4. The van der Waals surface area contributed by atoms with E-state index in [1.165, 1.54) is 17.5 Å². The summed E-state index contributed by atoms with van der Waals surface area (Å²) in [5.41, 5.74) is 1.58. The highest BCUT2D eigenvalue weighted by atomic mass is 32.2. The minimum Gasteiger partial charge on any atom is -0.496 e. The Hall–Kier alpha value is -2.95. The third kappa shape index (κ3) is 6.05. The molecule has 1 N–H and O–H groups in total. The highest BCUT2D eigenvalue weighted by Crippen LogP contribution is 2.27. The zero-order chi connectivity index (χ0) is 25.5. The fourth-order valence-electron chi connectivity index (χ4n) is 4.55. The lowest BCUT2D eigenvalue weighted by atomic mass is 10.1. The Bertz CT molecular complexity index is 1190. The number of nitrogens with zero attached hydrogens (tertiary/aromatic N) is 2. The number of piperidine rings is 1. The fourth-order valence-corrected chi connectivity index (χ4v) is 6.01. The van der Waals surface area contributed by atoms with Gasteiger partial charge in [0.25, 0.3) is 5.91 Å². The Balaban J connectivity index is 1.45. The standard InChI is InChI=1S/C26H33N3O6S/c1-34-24-11-10-21(36(32,33)29-15-17-35-18-16-29)19-20(24)9-12-25(30)27-23-8-4-3-7-22(23)26(31)28-13-5-2-6-14-28/h3-4,7-8,10-11,19H,2,5-6,9,12-18H2,1H3,(H,27,30). The van der Waals surface area contributed by atoms with Crippen molar-refractivity contribution in [2.75, 3.05) is 51.8 Å². The molecule has 2 aliphatic rings. The van der Waals surface area contributed by atoms with Gasteiger partial charge < -0.3 is 19.7 Å². The molecular formula is C26H33N3O6S. The average molecular weight is 516 g/mol. The summed E-state index contributed by atoms with van der Waals surface area (Å²) in [6, 6.07) is 11.7. The smallest absolute Gasteiger partial charge is 0.255 e. The molecule has 0 spiro atoms. The van der Waals surface area contributed by atoms with Crippen LogP contribution in [0.1, 0.15) is 41.6 Å². The van der Waals surface area contributed by atoms with Crippen molar-refractivity contribution in [3.05, 3.63) is 53.6 Å². The number of amides is 2. The van der Waals surface area contributed by atoms with Gasteiger partial charge in [-0.05, 0) is 61.6 Å². The molecule has 0 bridgehead atoms. The van der Waals surface area contributed by atoms with E-state index in [4.69, 9.17) is 9.47 Å². The summed E-state index contributed by atoms with van der Waals surface area (Å²) in [4.78, 5) is 27.9. The summed E-state index contributed by atoms with van der Waals surface area (Å²) < 4.78 is 38.2. The predicted octanol–water partition coefficient (Wildman–Crippen LogP) is 2.91. The highest BCUT2D eigenvalue weighted by Gasteiger charge is 2.27. The van der Waals surface area contributed by atoms with Crippen LogP contribution in [0.15, 0.2) is 47.4 Å². The molecule has 0 aromatic heterocycles. The Morgan fingerprint density at radius 3 is 2.44 bits per heavy atom. The molecule has 2 aliphatic heterocycles. The molecule has 4 rings (SSSR count). The van der Waals surface area contributed by atoms with Gasteiger partial charge in [-0.15, -0.1) is 0 Å². The van der Waals surface area contributed by atoms with E-state index >= 15 is 0 Å². The van der Waals surface area contributed by atoms with Crippen molar-refractivity contribution < 1.29 is 27.5 Å². The number of anilines is 1. The summed E-state index contributed by atoms with van der Waals surface area (Å²) in [7, 11) is -2.16. The van der Waals surface area contributed by atoms with Crippen LogP contribution in [-0.2, 0) is 26.0 Å². The molecule has 2 heterocycles. The third-order valence-electron chi connectivity index (χ3n) is 6.56. The number of nitrogens with one attached hydrogen (secondary N) is 1. The Kier molecular flexibility index (Phi) is 8.60. The summed E-state index contributed by atoms with van der Waals surface area (Å²) in [5.74, 6) is 0.176. The lowest BCUT2D eigenvalue weighted by molar-refractivity contribution is -0.116. The molecule has 2 aromatic rings. The number of benzene rings is 2. The number of sulfonamides is 1. The number of hydrogen-bond acceptors (Lipinski definition) is 6. The SMILES string of the molecule is COc1ccc(S(=O)(=O)N2CCOCC2)cc1CCC(=O)Nc1ccccc1C(=O)N1CCCCC1. The minimum absolute atomic E-state index is 0.0757. The van der Waals surface area contributed by atoms with Crippen LogP contribution >= 0.6 is 0 Å². The molecule has 36 heavy (non-hydrogen) atoms. The van der Waals surface area contributed by atoms with E-state index in [9.17, 15) is 18.0 Å². The van der Waals surface area contributed by atoms with Gasteiger partial charge in [0.05, 0.1) is 36.5 Å². The quantitative estimate of drug-likeness (QED) is 0.580. The van der Waals surface area contributed by atoms with E-state index in [1.807, 2.05) is 4.90 Å². The van der Waals surface area contributed by atoms with Gasteiger partial charge in [-0.3, -0.25) is 9.59 Å². The zero-order valence-electron chi connectivity index (χ0n) is 20.6. The van der Waals surface area contributed by atoms with E-state index in [-0.39, 0.29) is 29.6 Å². The van der Waals surface area contributed by atoms with E-state index in [0.29, 0.717) is 48.9 Å². The monoisotopic (exact) mass is 515 g/mol. The van der Waals surface area contributed by atoms with E-state index in [1.54, 1.807) is 36.4 Å². The molecule has 2 saturated heterocycles. The van der Waals surface area contributed by atoms with Crippen LogP contribution in [-0.4, -0.2) is 75.9 Å². The van der Waals surface area contributed by atoms with Crippen LogP contribution in [0.2, 0.25) is 0 Å². The summed E-state index contributed by atoms with van der Waals surface area (Å²) in [6.07, 6.45) is 3.48. The van der Waals surface area contributed by atoms with E-state index in [0.717, 1.165) is 32.4 Å². The second-order valence-electron chi connectivity index (χ2n) is 8.94. The summed E-state index contributed by atoms with van der Waals surface area (Å²) >= 11 is 0. The van der Waals surface area contributed by atoms with Gasteiger partial charge >= 0.3 is 0 Å². The largest absolute Gasteiger partial charge is 0.496 e. The molecule has 194 valence electrons. The Morgan fingerprint density at radius 1 is 1.00 bits per heavy atom. The van der Waals surface area contributed by atoms with Crippen LogP contribution in [0.3, 0.4) is 0 Å². The lowest BCUT2D eigenvalue weighted by Gasteiger charge is -2.27. The van der Waals surface area contributed by atoms with Crippen molar-refractivity contribution in [1.82, 2.24) is 9.21 Å². The first kappa shape index (κ1) is 26.1. The number of likely N-dealkylation sites (tertiary alicyclic amines) is 1. The molecule has 2 amide bonds. The van der Waals surface area contributed by atoms with Gasteiger partial charge in [0.2, 0.25) is 15.9 Å². The number of rotatable bonds is 8. The first-order valence-corrected chi connectivity index (χ1v) is 13.8. The van der Waals surface area contributed by atoms with Crippen molar-refractivity contribution in [3.8, 4) is 5.75 Å². The van der Waals surface area contributed by atoms with Crippen molar-refractivity contribution in [1.29, 1.82) is 0 Å².